The van der Waals surface area contributed by atoms with E-state index in [1.54, 1.807) is 0 Å². The van der Waals surface area contributed by atoms with Crippen LogP contribution in [0.2, 0.25) is 0 Å². The Labute approximate surface area is 208 Å². The number of hydrogen-bond donors (Lipinski definition) is 2. The van der Waals surface area contributed by atoms with E-state index in [1.807, 2.05) is 6.92 Å². The number of carbonyl (C=O) groups is 3. The molecule has 11 nitrogen and oxygen atoms in total. The molecule has 0 bridgehead atoms. The first-order valence-electron chi connectivity index (χ1n) is 12.2. The minimum atomic E-state index is -3.94. The third-order valence-electron chi connectivity index (χ3n) is 5.72. The molecule has 0 aliphatic heterocycles. The summed E-state index contributed by atoms with van der Waals surface area (Å²) in [6.07, 6.45) is 2.00. The van der Waals surface area contributed by atoms with Gasteiger partial charge in [0.05, 0.1) is 19.0 Å². The van der Waals surface area contributed by atoms with Crippen molar-refractivity contribution < 1.29 is 46.3 Å². The highest BCUT2D eigenvalue weighted by atomic mass is 32.2. The van der Waals surface area contributed by atoms with Crippen molar-refractivity contribution in [3.05, 3.63) is 0 Å². The molecule has 1 unspecified atom stereocenters. The molecule has 2 atom stereocenters. The van der Waals surface area contributed by atoms with Gasteiger partial charge in [-0.1, -0.05) is 46.5 Å². The van der Waals surface area contributed by atoms with Gasteiger partial charge in [0.15, 0.2) is 6.10 Å². The molecule has 0 aromatic heterocycles. The highest BCUT2D eigenvalue weighted by Gasteiger charge is 2.40. The summed E-state index contributed by atoms with van der Waals surface area (Å²) in [6, 6.07) is 0. The maximum atomic E-state index is 12.7. The number of carbonyl (C=O) groups excluding carboxylic acids is 3. The lowest BCUT2D eigenvalue weighted by atomic mass is 9.87. The zero-order valence-electron chi connectivity index (χ0n) is 21.2. The third kappa shape index (κ3) is 12.6. The van der Waals surface area contributed by atoms with Crippen molar-refractivity contribution in [2.45, 2.75) is 91.5 Å². The summed E-state index contributed by atoms with van der Waals surface area (Å²) in [5, 5.41) is 13.1. The van der Waals surface area contributed by atoms with Crippen LogP contribution < -0.4 is 5.32 Å². The van der Waals surface area contributed by atoms with Gasteiger partial charge in [-0.3, -0.25) is 8.98 Å². The Morgan fingerprint density at radius 3 is 2.34 bits per heavy atom. The summed E-state index contributed by atoms with van der Waals surface area (Å²) in [5.74, 6) is -1.86. The first-order chi connectivity index (χ1) is 16.4. The van der Waals surface area contributed by atoms with Gasteiger partial charge in [0.25, 0.3) is 16.4 Å². The molecule has 204 valence electrons. The molecule has 1 aliphatic carbocycles. The monoisotopic (exact) mass is 523 g/mol. The number of ether oxygens (including phenoxy) is 3. The van der Waals surface area contributed by atoms with Crippen LogP contribution in [0.4, 0.5) is 4.79 Å². The Kier molecular flexibility index (Phi) is 13.6. The molecular weight excluding hydrogens is 482 g/mol. The van der Waals surface area contributed by atoms with Crippen molar-refractivity contribution in [3.8, 4) is 0 Å². The van der Waals surface area contributed by atoms with Crippen molar-refractivity contribution in [2.24, 2.45) is 11.3 Å². The van der Waals surface area contributed by atoms with E-state index >= 15 is 0 Å². The SMILES string of the molecule is CCCCOC(=O)OC(OC(=O)[C@H](O)C(C)(C)COS(=O)(=O)CCCNC(C)=O)C1CCCCC1. The maximum Gasteiger partial charge on any atom is 0.511 e. The number of nitrogens with one attached hydrogen (secondary N) is 1. The highest BCUT2D eigenvalue weighted by molar-refractivity contribution is 7.86. The zero-order valence-corrected chi connectivity index (χ0v) is 22.1. The topological polar surface area (TPSA) is 155 Å². The van der Waals surface area contributed by atoms with Crippen molar-refractivity contribution in [1.82, 2.24) is 5.32 Å². The van der Waals surface area contributed by atoms with Gasteiger partial charge in [0.1, 0.15) is 0 Å². The van der Waals surface area contributed by atoms with E-state index in [0.29, 0.717) is 19.3 Å². The predicted octanol–water partition coefficient (Wildman–Crippen LogP) is 2.65. The summed E-state index contributed by atoms with van der Waals surface area (Å²) < 4.78 is 44.9. The molecule has 1 amide bonds. The lowest BCUT2D eigenvalue weighted by Gasteiger charge is -2.32. The van der Waals surface area contributed by atoms with Crippen LogP contribution in [0, 0.1) is 11.3 Å². The van der Waals surface area contributed by atoms with Crippen LogP contribution in [0.5, 0.6) is 0 Å². The average Bonchev–Trinajstić information content (AvgIpc) is 2.80. The van der Waals surface area contributed by atoms with Crippen LogP contribution in [0.15, 0.2) is 0 Å². The van der Waals surface area contributed by atoms with Gasteiger partial charge in [0.2, 0.25) is 5.91 Å². The number of aliphatic hydroxyl groups excluding tert-OH is 1. The fourth-order valence-corrected chi connectivity index (χ4v) is 4.54. The van der Waals surface area contributed by atoms with E-state index in [0.717, 1.165) is 25.7 Å². The van der Waals surface area contributed by atoms with Crippen molar-refractivity contribution in [1.29, 1.82) is 0 Å². The smallest absolute Gasteiger partial charge is 0.434 e. The third-order valence-corrected chi connectivity index (χ3v) is 6.98. The van der Waals surface area contributed by atoms with Crippen molar-refractivity contribution in [3.63, 3.8) is 0 Å². The number of hydrogen-bond acceptors (Lipinski definition) is 10. The van der Waals surface area contributed by atoms with Gasteiger partial charge in [0, 0.05) is 24.8 Å². The van der Waals surface area contributed by atoms with Gasteiger partial charge < -0.3 is 24.6 Å². The first-order valence-corrected chi connectivity index (χ1v) is 13.8. The van der Waals surface area contributed by atoms with E-state index in [4.69, 9.17) is 18.4 Å². The number of aliphatic hydroxyl groups is 1. The Morgan fingerprint density at radius 1 is 1.09 bits per heavy atom. The van der Waals surface area contributed by atoms with Gasteiger partial charge in [-0.25, -0.2) is 9.59 Å². The van der Waals surface area contributed by atoms with Crippen molar-refractivity contribution in [2.75, 3.05) is 25.5 Å². The maximum absolute atomic E-state index is 12.7. The van der Waals surface area contributed by atoms with Gasteiger partial charge >= 0.3 is 12.1 Å². The molecule has 0 aromatic carbocycles. The second-order valence-electron chi connectivity index (χ2n) is 9.52. The van der Waals surface area contributed by atoms with Gasteiger partial charge in [-0.2, -0.15) is 8.42 Å². The van der Waals surface area contributed by atoms with Crippen LogP contribution in [0.25, 0.3) is 0 Å². The molecule has 0 saturated heterocycles. The van der Waals surface area contributed by atoms with Gasteiger partial charge in [-0.15, -0.1) is 0 Å². The summed E-state index contributed by atoms with van der Waals surface area (Å²) in [7, 11) is -3.94. The second kappa shape index (κ2) is 15.2. The zero-order chi connectivity index (χ0) is 26.5. The quantitative estimate of drug-likeness (QED) is 0.142. The number of unbranched alkanes of at least 4 members (excludes halogenated alkanes) is 1. The fraction of sp³-hybridized carbons (Fsp3) is 0.870. The molecule has 0 heterocycles. The van der Waals surface area contributed by atoms with Crippen LogP contribution in [0.3, 0.4) is 0 Å². The van der Waals surface area contributed by atoms with E-state index < -0.39 is 46.7 Å². The summed E-state index contributed by atoms with van der Waals surface area (Å²) in [6.45, 7) is 6.09. The first kappa shape index (κ1) is 31.1. The summed E-state index contributed by atoms with van der Waals surface area (Å²) in [4.78, 5) is 35.7. The predicted molar refractivity (Wildman–Crippen MR) is 127 cm³/mol. The Hall–Kier alpha value is -1.92. The molecule has 1 aliphatic rings. The van der Waals surface area contributed by atoms with E-state index in [-0.39, 0.29) is 37.2 Å². The fourth-order valence-electron chi connectivity index (χ4n) is 3.44. The molecule has 0 spiro atoms. The van der Waals surface area contributed by atoms with E-state index in [2.05, 4.69) is 5.32 Å². The summed E-state index contributed by atoms with van der Waals surface area (Å²) >= 11 is 0. The van der Waals surface area contributed by atoms with E-state index in [1.165, 1.54) is 20.8 Å². The van der Waals surface area contributed by atoms with Crippen LogP contribution in [-0.2, 0) is 38.1 Å². The Bertz CT molecular complexity index is 777. The minimum Gasteiger partial charge on any atom is -0.434 e. The Morgan fingerprint density at radius 2 is 1.74 bits per heavy atom. The molecule has 2 N–H and O–H groups in total. The van der Waals surface area contributed by atoms with Gasteiger partial charge in [-0.05, 0) is 25.7 Å². The molecule has 0 aromatic rings. The van der Waals surface area contributed by atoms with Crippen molar-refractivity contribution >= 4 is 28.1 Å². The lowest BCUT2D eigenvalue weighted by Crippen LogP contribution is -2.44. The van der Waals surface area contributed by atoms with Crippen LogP contribution in [-0.4, -0.2) is 69.5 Å². The molecule has 1 rings (SSSR count). The largest absolute Gasteiger partial charge is 0.511 e. The highest BCUT2D eigenvalue weighted by Crippen LogP contribution is 2.30. The average molecular weight is 524 g/mol. The second-order valence-corrected chi connectivity index (χ2v) is 11.3. The minimum absolute atomic E-state index is 0.154. The standard InChI is InChI=1S/C23H41NO10S/c1-5-6-14-31-22(28)34-21(18-11-8-7-9-12-18)33-20(27)19(26)23(3,4)16-32-35(29,30)15-10-13-24-17(2)25/h18-19,21,26H,5-16H2,1-4H3,(H,24,25)/t19-,21?/m0/s1. The van der Waals surface area contributed by atoms with Crippen LogP contribution in [0.1, 0.15) is 79.1 Å². The van der Waals surface area contributed by atoms with E-state index in [9.17, 15) is 27.9 Å². The Balaban J connectivity index is 2.70. The van der Waals surface area contributed by atoms with Crippen LogP contribution >= 0.6 is 0 Å². The number of esters is 1. The molecule has 1 fully saturated rings. The molecule has 12 heteroatoms. The molecule has 35 heavy (non-hydrogen) atoms. The number of amides is 1. The normalized spacial score (nSPS) is 16.7. The lowest BCUT2D eigenvalue weighted by molar-refractivity contribution is -0.198. The molecule has 1 saturated carbocycles. The number of rotatable bonds is 15. The molecule has 0 radical (unpaired) electrons. The summed E-state index contributed by atoms with van der Waals surface area (Å²) in [5.41, 5.74) is -1.32. The molecular formula is C23H41NO10S.